The van der Waals surface area contributed by atoms with Gasteiger partial charge in [-0.2, -0.15) is 0 Å². The molecule has 3 rings (SSSR count). The standard InChI is InChI=1S/C16H18FN3OS/c1-18-11-5-4-8-20(10-11)16(21)14-9-19-15(22-14)12-6-2-3-7-13(12)17/h2-3,6-7,9,11,18H,4-5,8,10H2,1H3/t11-/m1/s1. The number of hydrogen-bond acceptors (Lipinski definition) is 4. The van der Waals surface area contributed by atoms with Crippen LogP contribution in [0.25, 0.3) is 10.6 Å². The number of nitrogens with one attached hydrogen (secondary N) is 1. The van der Waals surface area contributed by atoms with E-state index in [2.05, 4.69) is 10.3 Å². The number of carbonyl (C=O) groups is 1. The Kier molecular flexibility index (Phi) is 4.49. The van der Waals surface area contributed by atoms with Gasteiger partial charge in [-0.3, -0.25) is 4.79 Å². The van der Waals surface area contributed by atoms with Crippen molar-refractivity contribution in [3.05, 3.63) is 41.2 Å². The van der Waals surface area contributed by atoms with E-state index in [0.29, 0.717) is 28.0 Å². The van der Waals surface area contributed by atoms with Crippen molar-refractivity contribution in [1.29, 1.82) is 0 Å². The lowest BCUT2D eigenvalue weighted by Gasteiger charge is -2.32. The van der Waals surface area contributed by atoms with Gasteiger partial charge >= 0.3 is 0 Å². The van der Waals surface area contributed by atoms with Gasteiger partial charge in [-0.1, -0.05) is 12.1 Å². The molecular weight excluding hydrogens is 301 g/mol. The van der Waals surface area contributed by atoms with Gasteiger partial charge in [0.2, 0.25) is 0 Å². The number of likely N-dealkylation sites (tertiary alicyclic amines) is 1. The van der Waals surface area contributed by atoms with Crippen molar-refractivity contribution in [3.8, 4) is 10.6 Å². The maximum absolute atomic E-state index is 13.8. The van der Waals surface area contributed by atoms with E-state index in [4.69, 9.17) is 0 Å². The van der Waals surface area contributed by atoms with E-state index in [1.54, 1.807) is 24.4 Å². The first-order valence-electron chi connectivity index (χ1n) is 7.36. The van der Waals surface area contributed by atoms with E-state index in [9.17, 15) is 9.18 Å². The van der Waals surface area contributed by atoms with Gasteiger partial charge in [0.1, 0.15) is 15.7 Å². The number of rotatable bonds is 3. The molecule has 0 aliphatic carbocycles. The summed E-state index contributed by atoms with van der Waals surface area (Å²) in [5.41, 5.74) is 0.443. The molecule has 6 heteroatoms. The third kappa shape index (κ3) is 3.03. The Morgan fingerprint density at radius 3 is 3.05 bits per heavy atom. The number of piperidine rings is 1. The van der Waals surface area contributed by atoms with Crippen LogP contribution in [0.4, 0.5) is 4.39 Å². The maximum atomic E-state index is 13.8. The molecule has 1 saturated heterocycles. The SMILES string of the molecule is CN[C@@H]1CCCN(C(=O)c2cnc(-c3ccccc3F)s2)C1. The van der Waals surface area contributed by atoms with E-state index < -0.39 is 0 Å². The van der Waals surface area contributed by atoms with Crippen LogP contribution in [0.5, 0.6) is 0 Å². The molecule has 1 N–H and O–H groups in total. The molecule has 1 aliphatic heterocycles. The molecule has 0 radical (unpaired) electrons. The minimum absolute atomic E-state index is 0.0139. The van der Waals surface area contributed by atoms with Gasteiger partial charge in [-0.05, 0) is 32.0 Å². The second-order valence-corrected chi connectivity index (χ2v) is 6.42. The lowest BCUT2D eigenvalue weighted by molar-refractivity contribution is 0.0703. The number of hydrogen-bond donors (Lipinski definition) is 1. The number of carbonyl (C=O) groups excluding carboxylic acids is 1. The average molecular weight is 319 g/mol. The Hall–Kier alpha value is -1.79. The van der Waals surface area contributed by atoms with E-state index in [0.717, 1.165) is 19.4 Å². The Balaban J connectivity index is 1.79. The number of likely N-dealkylation sites (N-methyl/N-ethyl adjacent to an activating group) is 1. The molecule has 0 unspecified atom stereocenters. The molecule has 1 atom stereocenters. The number of benzene rings is 1. The summed E-state index contributed by atoms with van der Waals surface area (Å²) in [6.45, 7) is 1.48. The zero-order valence-electron chi connectivity index (χ0n) is 12.4. The van der Waals surface area contributed by atoms with Gasteiger partial charge in [-0.25, -0.2) is 9.37 Å². The van der Waals surface area contributed by atoms with Crippen LogP contribution in [-0.2, 0) is 0 Å². The molecule has 0 bridgehead atoms. The van der Waals surface area contributed by atoms with Gasteiger partial charge in [0.05, 0.1) is 6.20 Å². The highest BCUT2D eigenvalue weighted by atomic mass is 32.1. The van der Waals surface area contributed by atoms with Crippen LogP contribution >= 0.6 is 11.3 Å². The number of amides is 1. The van der Waals surface area contributed by atoms with Crippen LogP contribution in [0.2, 0.25) is 0 Å². The first-order chi connectivity index (χ1) is 10.7. The van der Waals surface area contributed by atoms with Crippen LogP contribution in [-0.4, -0.2) is 42.0 Å². The van der Waals surface area contributed by atoms with Crippen molar-refractivity contribution >= 4 is 17.2 Å². The minimum Gasteiger partial charge on any atom is -0.336 e. The van der Waals surface area contributed by atoms with Crippen molar-refractivity contribution in [3.63, 3.8) is 0 Å². The molecule has 1 aliphatic rings. The maximum Gasteiger partial charge on any atom is 0.265 e. The lowest BCUT2D eigenvalue weighted by Crippen LogP contribution is -2.46. The second-order valence-electron chi connectivity index (χ2n) is 5.39. The summed E-state index contributed by atoms with van der Waals surface area (Å²) in [7, 11) is 1.92. The molecule has 0 saturated carbocycles. The van der Waals surface area contributed by atoms with E-state index in [1.165, 1.54) is 17.4 Å². The Labute approximate surface area is 133 Å². The molecular formula is C16H18FN3OS. The molecule has 0 spiro atoms. The van der Waals surface area contributed by atoms with E-state index in [-0.39, 0.29) is 11.7 Å². The molecule has 2 heterocycles. The van der Waals surface area contributed by atoms with Crippen molar-refractivity contribution in [1.82, 2.24) is 15.2 Å². The van der Waals surface area contributed by atoms with Crippen molar-refractivity contribution in [2.75, 3.05) is 20.1 Å². The van der Waals surface area contributed by atoms with Crippen molar-refractivity contribution in [2.45, 2.75) is 18.9 Å². The zero-order valence-corrected chi connectivity index (χ0v) is 13.2. The fourth-order valence-corrected chi connectivity index (χ4v) is 3.60. The summed E-state index contributed by atoms with van der Waals surface area (Å²) in [5, 5.41) is 3.77. The highest BCUT2D eigenvalue weighted by Crippen LogP contribution is 2.28. The van der Waals surface area contributed by atoms with Gasteiger partial charge in [0.15, 0.2) is 0 Å². The first-order valence-corrected chi connectivity index (χ1v) is 8.18. The fraction of sp³-hybridized carbons (Fsp3) is 0.375. The molecule has 1 aromatic carbocycles. The van der Waals surface area contributed by atoms with Crippen LogP contribution in [0.15, 0.2) is 30.5 Å². The lowest BCUT2D eigenvalue weighted by atomic mass is 10.1. The summed E-state index contributed by atoms with van der Waals surface area (Å²) in [4.78, 5) is 19.2. The van der Waals surface area contributed by atoms with Crippen LogP contribution in [0.3, 0.4) is 0 Å². The Bertz CT molecular complexity index is 673. The molecule has 2 aromatic rings. The normalized spacial score (nSPS) is 18.5. The Morgan fingerprint density at radius 1 is 1.45 bits per heavy atom. The third-order valence-electron chi connectivity index (χ3n) is 3.94. The zero-order chi connectivity index (χ0) is 15.5. The summed E-state index contributed by atoms with van der Waals surface area (Å²) >= 11 is 1.25. The summed E-state index contributed by atoms with van der Waals surface area (Å²) in [5.74, 6) is -0.330. The van der Waals surface area contributed by atoms with Gasteiger partial charge < -0.3 is 10.2 Å². The van der Waals surface area contributed by atoms with Crippen molar-refractivity contribution < 1.29 is 9.18 Å². The molecule has 4 nitrogen and oxygen atoms in total. The fourth-order valence-electron chi connectivity index (χ4n) is 2.69. The van der Waals surface area contributed by atoms with Gasteiger partial charge in [0.25, 0.3) is 5.91 Å². The molecule has 1 fully saturated rings. The predicted molar refractivity (Wildman–Crippen MR) is 85.5 cm³/mol. The largest absolute Gasteiger partial charge is 0.336 e. The van der Waals surface area contributed by atoms with E-state index in [1.807, 2.05) is 11.9 Å². The van der Waals surface area contributed by atoms with E-state index >= 15 is 0 Å². The molecule has 1 amide bonds. The third-order valence-corrected chi connectivity index (χ3v) is 4.96. The minimum atomic E-state index is -0.316. The first kappa shape index (κ1) is 15.1. The van der Waals surface area contributed by atoms with Gasteiger partial charge in [-0.15, -0.1) is 11.3 Å². The van der Waals surface area contributed by atoms with Crippen LogP contribution < -0.4 is 5.32 Å². The van der Waals surface area contributed by atoms with Gasteiger partial charge in [0, 0.05) is 24.7 Å². The Morgan fingerprint density at radius 2 is 2.27 bits per heavy atom. The van der Waals surface area contributed by atoms with Crippen molar-refractivity contribution in [2.24, 2.45) is 0 Å². The smallest absolute Gasteiger partial charge is 0.265 e. The number of nitrogens with zero attached hydrogens (tertiary/aromatic N) is 2. The summed E-state index contributed by atoms with van der Waals surface area (Å²) in [6.07, 6.45) is 3.64. The second kappa shape index (κ2) is 6.54. The average Bonchev–Trinajstić information content (AvgIpc) is 3.04. The topological polar surface area (TPSA) is 45.2 Å². The number of aromatic nitrogens is 1. The molecule has 116 valence electrons. The molecule has 1 aromatic heterocycles. The summed E-state index contributed by atoms with van der Waals surface area (Å²) in [6, 6.07) is 6.84. The monoisotopic (exact) mass is 319 g/mol. The quantitative estimate of drug-likeness (QED) is 0.946. The molecule has 22 heavy (non-hydrogen) atoms. The number of halogens is 1. The highest BCUT2D eigenvalue weighted by Gasteiger charge is 2.25. The summed E-state index contributed by atoms with van der Waals surface area (Å²) < 4.78 is 13.8. The van der Waals surface area contributed by atoms with Crippen LogP contribution in [0, 0.1) is 5.82 Å². The predicted octanol–water partition coefficient (Wildman–Crippen LogP) is 2.77. The van der Waals surface area contributed by atoms with Crippen LogP contribution in [0.1, 0.15) is 22.5 Å². The number of thiazole rings is 1. The highest BCUT2D eigenvalue weighted by molar-refractivity contribution is 7.16.